The van der Waals surface area contributed by atoms with Crippen LogP contribution in [0.15, 0.2) is 18.2 Å². The third-order valence-electron chi connectivity index (χ3n) is 3.84. The van der Waals surface area contributed by atoms with Crippen LogP contribution in [-0.4, -0.2) is 17.3 Å². The quantitative estimate of drug-likeness (QED) is 0.860. The zero-order valence-electron chi connectivity index (χ0n) is 9.27. The molecule has 0 radical (unpaired) electrons. The molecule has 2 aliphatic heterocycles. The Morgan fingerprint density at radius 2 is 2.12 bits per heavy atom. The number of ether oxygens (including phenoxy) is 1. The van der Waals surface area contributed by atoms with Gasteiger partial charge in [0.25, 0.3) is 0 Å². The van der Waals surface area contributed by atoms with Gasteiger partial charge in [0, 0.05) is 11.5 Å². The van der Waals surface area contributed by atoms with E-state index in [0.717, 1.165) is 37.5 Å². The Kier molecular flexibility index (Phi) is 2.64. The lowest BCUT2D eigenvalue weighted by molar-refractivity contribution is 0.0405. The monoisotopic (exact) mass is 240 g/mol. The van der Waals surface area contributed by atoms with Crippen LogP contribution >= 0.6 is 0 Å². The molecule has 2 nitrogen and oxygen atoms in total. The molecular formula is C13H14F2O2. The number of aliphatic hydroxyl groups excluding tert-OH is 1. The smallest absolute Gasteiger partial charge is 0.129 e. The largest absolute Gasteiger partial charge is 0.388 e. The normalized spacial score (nSPS) is 33.0. The van der Waals surface area contributed by atoms with E-state index in [1.54, 1.807) is 0 Å². The van der Waals surface area contributed by atoms with Crippen LogP contribution < -0.4 is 0 Å². The fraction of sp³-hybridized carbons (Fsp3) is 0.538. The van der Waals surface area contributed by atoms with E-state index in [-0.39, 0.29) is 23.7 Å². The molecule has 1 N–H and O–H groups in total. The summed E-state index contributed by atoms with van der Waals surface area (Å²) in [4.78, 5) is 0. The van der Waals surface area contributed by atoms with Crippen molar-refractivity contribution in [1.29, 1.82) is 0 Å². The molecule has 0 saturated carbocycles. The molecule has 2 bridgehead atoms. The Bertz CT molecular complexity index is 435. The molecule has 0 amide bonds. The second-order valence-corrected chi connectivity index (χ2v) is 4.88. The summed E-state index contributed by atoms with van der Waals surface area (Å²) in [5.74, 6) is -1.18. The highest BCUT2D eigenvalue weighted by Gasteiger charge is 2.44. The molecule has 1 aromatic carbocycles. The SMILES string of the molecule is OC(c1cc(F)ccc1F)C1CC2CCC1O2. The molecule has 4 unspecified atom stereocenters. The number of aliphatic hydroxyl groups is 1. The van der Waals surface area contributed by atoms with Crippen LogP contribution in [0.3, 0.4) is 0 Å². The van der Waals surface area contributed by atoms with Crippen molar-refractivity contribution >= 4 is 0 Å². The minimum atomic E-state index is -0.971. The molecule has 4 atom stereocenters. The average molecular weight is 240 g/mol. The Morgan fingerprint density at radius 1 is 1.29 bits per heavy atom. The van der Waals surface area contributed by atoms with E-state index in [4.69, 9.17) is 4.74 Å². The summed E-state index contributed by atoms with van der Waals surface area (Å²) in [6, 6.07) is 3.19. The van der Waals surface area contributed by atoms with Crippen LogP contribution in [0, 0.1) is 17.6 Å². The van der Waals surface area contributed by atoms with Gasteiger partial charge in [0.05, 0.1) is 18.3 Å². The second kappa shape index (κ2) is 4.03. The van der Waals surface area contributed by atoms with Gasteiger partial charge in [-0.05, 0) is 37.5 Å². The molecule has 0 aromatic heterocycles. The number of fused-ring (bicyclic) bond motifs is 2. The highest BCUT2D eigenvalue weighted by atomic mass is 19.1. The Balaban J connectivity index is 1.86. The number of halogens is 2. The van der Waals surface area contributed by atoms with Gasteiger partial charge in [-0.15, -0.1) is 0 Å². The van der Waals surface area contributed by atoms with Gasteiger partial charge in [-0.1, -0.05) is 0 Å². The summed E-state index contributed by atoms with van der Waals surface area (Å²) < 4.78 is 32.2. The first kappa shape index (κ1) is 11.1. The molecule has 3 rings (SSSR count). The number of hydrogen-bond acceptors (Lipinski definition) is 2. The molecule has 0 spiro atoms. The maximum absolute atomic E-state index is 13.5. The highest BCUT2D eigenvalue weighted by Crippen LogP contribution is 2.45. The standard InChI is InChI=1S/C13H14F2O2/c14-7-1-3-11(15)9(5-7)13(16)10-6-8-2-4-12(10)17-8/h1,3,5,8,10,12-13,16H,2,4,6H2. The van der Waals surface area contributed by atoms with Crippen molar-refractivity contribution in [3.8, 4) is 0 Å². The van der Waals surface area contributed by atoms with Gasteiger partial charge in [-0.3, -0.25) is 0 Å². The van der Waals surface area contributed by atoms with Crippen LogP contribution in [0.5, 0.6) is 0 Å². The molecule has 2 heterocycles. The van der Waals surface area contributed by atoms with E-state index >= 15 is 0 Å². The molecule has 2 fully saturated rings. The predicted octanol–water partition coefficient (Wildman–Crippen LogP) is 2.57. The van der Waals surface area contributed by atoms with Gasteiger partial charge in [-0.2, -0.15) is 0 Å². The highest BCUT2D eigenvalue weighted by molar-refractivity contribution is 5.22. The maximum atomic E-state index is 13.5. The third-order valence-corrected chi connectivity index (χ3v) is 3.84. The van der Waals surface area contributed by atoms with Crippen molar-refractivity contribution in [2.45, 2.75) is 37.6 Å². The second-order valence-electron chi connectivity index (χ2n) is 4.88. The first-order valence-electron chi connectivity index (χ1n) is 5.93. The van der Waals surface area contributed by atoms with Crippen LogP contribution in [0.2, 0.25) is 0 Å². The average Bonchev–Trinajstić information content (AvgIpc) is 2.93. The van der Waals surface area contributed by atoms with Crippen LogP contribution in [0.1, 0.15) is 30.9 Å². The summed E-state index contributed by atoms with van der Waals surface area (Å²) >= 11 is 0. The molecule has 1 aromatic rings. The third kappa shape index (κ3) is 1.85. The zero-order valence-corrected chi connectivity index (χ0v) is 9.27. The van der Waals surface area contributed by atoms with Gasteiger partial charge in [0.1, 0.15) is 11.6 Å². The minimum Gasteiger partial charge on any atom is -0.388 e. The van der Waals surface area contributed by atoms with Crippen molar-refractivity contribution in [1.82, 2.24) is 0 Å². The Labute approximate surface area is 98.2 Å². The minimum absolute atomic E-state index is 0.00216. The van der Waals surface area contributed by atoms with Crippen molar-refractivity contribution in [2.24, 2.45) is 5.92 Å². The summed E-state index contributed by atoms with van der Waals surface area (Å²) in [7, 11) is 0. The van der Waals surface area contributed by atoms with E-state index in [1.165, 1.54) is 0 Å². The van der Waals surface area contributed by atoms with Crippen LogP contribution in [0.4, 0.5) is 8.78 Å². The molecule has 4 heteroatoms. The van der Waals surface area contributed by atoms with E-state index in [9.17, 15) is 13.9 Å². The lowest BCUT2D eigenvalue weighted by Crippen LogP contribution is -2.24. The van der Waals surface area contributed by atoms with Gasteiger partial charge in [0.15, 0.2) is 0 Å². The first-order chi connectivity index (χ1) is 8.15. The van der Waals surface area contributed by atoms with E-state index < -0.39 is 17.7 Å². The number of hydrogen-bond donors (Lipinski definition) is 1. The lowest BCUT2D eigenvalue weighted by Gasteiger charge is -2.24. The van der Waals surface area contributed by atoms with Crippen LogP contribution in [-0.2, 0) is 4.74 Å². The van der Waals surface area contributed by atoms with E-state index in [2.05, 4.69) is 0 Å². The molecule has 17 heavy (non-hydrogen) atoms. The first-order valence-corrected chi connectivity index (χ1v) is 5.93. The van der Waals surface area contributed by atoms with Gasteiger partial charge < -0.3 is 9.84 Å². The Hall–Kier alpha value is -1.00. The van der Waals surface area contributed by atoms with Crippen molar-refractivity contribution in [3.05, 3.63) is 35.4 Å². The summed E-state index contributed by atoms with van der Waals surface area (Å²) in [5.41, 5.74) is 0.0474. The van der Waals surface area contributed by atoms with Gasteiger partial charge in [-0.25, -0.2) is 8.78 Å². The molecular weight excluding hydrogens is 226 g/mol. The lowest BCUT2D eigenvalue weighted by atomic mass is 9.82. The van der Waals surface area contributed by atoms with E-state index in [0.29, 0.717) is 0 Å². The molecule has 2 saturated heterocycles. The van der Waals surface area contributed by atoms with Gasteiger partial charge >= 0.3 is 0 Å². The molecule has 2 aliphatic rings. The predicted molar refractivity (Wildman–Crippen MR) is 57.3 cm³/mol. The summed E-state index contributed by atoms with van der Waals surface area (Å²) in [5, 5.41) is 10.2. The summed E-state index contributed by atoms with van der Waals surface area (Å²) in [6.45, 7) is 0. The zero-order chi connectivity index (χ0) is 12.0. The molecule has 92 valence electrons. The summed E-state index contributed by atoms with van der Waals surface area (Å²) in [6.07, 6.45) is 1.87. The van der Waals surface area contributed by atoms with E-state index in [1.807, 2.05) is 0 Å². The molecule has 0 aliphatic carbocycles. The topological polar surface area (TPSA) is 29.5 Å². The van der Waals surface area contributed by atoms with Crippen LogP contribution in [0.25, 0.3) is 0 Å². The van der Waals surface area contributed by atoms with Gasteiger partial charge in [0.2, 0.25) is 0 Å². The maximum Gasteiger partial charge on any atom is 0.129 e. The fourth-order valence-corrected chi connectivity index (χ4v) is 2.98. The number of rotatable bonds is 2. The van der Waals surface area contributed by atoms with Crippen molar-refractivity contribution in [2.75, 3.05) is 0 Å². The number of benzene rings is 1. The van der Waals surface area contributed by atoms with Crippen molar-refractivity contribution in [3.63, 3.8) is 0 Å². The Morgan fingerprint density at radius 3 is 2.76 bits per heavy atom. The van der Waals surface area contributed by atoms with Crippen molar-refractivity contribution < 1.29 is 18.6 Å². The fourth-order valence-electron chi connectivity index (χ4n) is 2.98.